The lowest BCUT2D eigenvalue weighted by Crippen LogP contribution is -2.43. The number of hydrogen-bond donors (Lipinski definition) is 1. The van der Waals surface area contributed by atoms with Crippen molar-refractivity contribution in [2.45, 2.75) is 16.0 Å². The molecule has 0 spiro atoms. The van der Waals surface area contributed by atoms with Crippen LogP contribution >= 0.6 is 23.4 Å². The van der Waals surface area contributed by atoms with E-state index in [1.54, 1.807) is 18.2 Å². The van der Waals surface area contributed by atoms with Gasteiger partial charge in [0.15, 0.2) is 0 Å². The van der Waals surface area contributed by atoms with E-state index in [9.17, 15) is 13.2 Å². The van der Waals surface area contributed by atoms with Crippen LogP contribution in [0.5, 0.6) is 0 Å². The van der Waals surface area contributed by atoms with E-state index in [4.69, 9.17) is 11.6 Å². The van der Waals surface area contributed by atoms with Crippen molar-refractivity contribution >= 4 is 29.1 Å². The summed E-state index contributed by atoms with van der Waals surface area (Å²) in [5, 5.41) is 3.85. The smallest absolute Gasteiger partial charge is 0.368 e. The lowest BCUT2D eigenvalue weighted by molar-refractivity contribution is -0.137. The van der Waals surface area contributed by atoms with Crippen LogP contribution in [-0.4, -0.2) is 26.2 Å². The Morgan fingerprint density at radius 3 is 2.29 bits per heavy atom. The molecule has 2 aromatic rings. The Kier molecular flexibility index (Phi) is 5.27. The maximum Gasteiger partial charge on any atom is 0.416 e. The number of benzene rings is 2. The van der Waals surface area contributed by atoms with Crippen molar-refractivity contribution in [1.82, 2.24) is 5.32 Å². The molecule has 3 rings (SSSR count). The number of alkyl halides is 3. The molecule has 1 heterocycles. The average Bonchev–Trinajstić information content (AvgIpc) is 2.57. The summed E-state index contributed by atoms with van der Waals surface area (Å²) >= 11 is 7.21. The summed E-state index contributed by atoms with van der Waals surface area (Å²) in [6.07, 6.45) is -4.35. The molecule has 0 saturated carbocycles. The fourth-order valence-corrected chi connectivity index (χ4v) is 3.71. The van der Waals surface area contributed by atoms with E-state index in [0.29, 0.717) is 9.92 Å². The molecule has 0 aromatic heterocycles. The third kappa shape index (κ3) is 4.18. The molecule has 2 nitrogen and oxygen atoms in total. The maximum absolute atomic E-state index is 13.1. The SMILES string of the molecule is FC(F)(F)c1ccc(N2CCNCC2)c(Sc2ccc(Cl)cc2)c1. The van der Waals surface area contributed by atoms with Crippen LogP contribution in [0.15, 0.2) is 52.3 Å². The zero-order valence-electron chi connectivity index (χ0n) is 12.7. The van der Waals surface area contributed by atoms with Crippen molar-refractivity contribution in [1.29, 1.82) is 0 Å². The summed E-state index contributed by atoms with van der Waals surface area (Å²) in [4.78, 5) is 3.58. The summed E-state index contributed by atoms with van der Waals surface area (Å²) in [5.41, 5.74) is 0.210. The Bertz CT molecular complexity index is 698. The second-order valence-corrected chi connectivity index (χ2v) is 7.03. The molecule has 0 amide bonds. The third-order valence-electron chi connectivity index (χ3n) is 3.79. The zero-order valence-corrected chi connectivity index (χ0v) is 14.3. The average molecular weight is 373 g/mol. The van der Waals surface area contributed by atoms with Gasteiger partial charge in [-0.25, -0.2) is 0 Å². The van der Waals surface area contributed by atoms with Gasteiger partial charge in [-0.1, -0.05) is 23.4 Å². The molecule has 0 atom stereocenters. The van der Waals surface area contributed by atoms with Crippen LogP contribution in [0.4, 0.5) is 18.9 Å². The number of nitrogens with zero attached hydrogens (tertiary/aromatic N) is 1. The minimum Gasteiger partial charge on any atom is -0.368 e. The fraction of sp³-hybridized carbons (Fsp3) is 0.294. The molecule has 1 saturated heterocycles. The van der Waals surface area contributed by atoms with Crippen molar-refractivity contribution in [2.24, 2.45) is 0 Å². The van der Waals surface area contributed by atoms with Gasteiger partial charge in [-0.15, -0.1) is 0 Å². The number of hydrogen-bond acceptors (Lipinski definition) is 3. The Labute approximate surface area is 148 Å². The van der Waals surface area contributed by atoms with E-state index in [2.05, 4.69) is 10.2 Å². The fourth-order valence-electron chi connectivity index (χ4n) is 2.57. The number of halogens is 4. The van der Waals surface area contributed by atoms with Gasteiger partial charge in [0, 0.05) is 41.0 Å². The zero-order chi connectivity index (χ0) is 17.2. The van der Waals surface area contributed by atoms with Crippen LogP contribution in [0.2, 0.25) is 5.02 Å². The van der Waals surface area contributed by atoms with E-state index in [0.717, 1.165) is 42.8 Å². The van der Waals surface area contributed by atoms with Gasteiger partial charge < -0.3 is 10.2 Å². The van der Waals surface area contributed by atoms with E-state index in [-0.39, 0.29) is 0 Å². The normalized spacial score (nSPS) is 15.6. The Balaban J connectivity index is 1.96. The number of rotatable bonds is 3. The minimum atomic E-state index is -4.35. The lowest BCUT2D eigenvalue weighted by Gasteiger charge is -2.31. The molecule has 1 N–H and O–H groups in total. The van der Waals surface area contributed by atoms with Gasteiger partial charge >= 0.3 is 6.18 Å². The Morgan fingerprint density at radius 2 is 1.67 bits per heavy atom. The molecule has 0 unspecified atom stereocenters. The summed E-state index contributed by atoms with van der Waals surface area (Å²) in [6.45, 7) is 3.21. The molecule has 0 bridgehead atoms. The second kappa shape index (κ2) is 7.25. The van der Waals surface area contributed by atoms with Gasteiger partial charge in [0.05, 0.1) is 11.3 Å². The van der Waals surface area contributed by atoms with E-state index in [1.807, 2.05) is 12.1 Å². The van der Waals surface area contributed by atoms with Gasteiger partial charge in [-0.05, 0) is 42.5 Å². The van der Waals surface area contributed by atoms with Crippen LogP contribution < -0.4 is 10.2 Å². The third-order valence-corrected chi connectivity index (χ3v) is 5.09. The molecule has 1 aliphatic heterocycles. The van der Waals surface area contributed by atoms with E-state index < -0.39 is 11.7 Å². The first kappa shape index (κ1) is 17.5. The number of nitrogens with one attached hydrogen (secondary N) is 1. The number of piperazine rings is 1. The molecular weight excluding hydrogens is 357 g/mol. The summed E-state index contributed by atoms with van der Waals surface area (Å²) in [6, 6.07) is 11.1. The molecule has 0 radical (unpaired) electrons. The molecule has 24 heavy (non-hydrogen) atoms. The van der Waals surface area contributed by atoms with E-state index in [1.165, 1.54) is 17.8 Å². The van der Waals surface area contributed by atoms with Crippen LogP contribution in [-0.2, 0) is 6.18 Å². The van der Waals surface area contributed by atoms with E-state index >= 15 is 0 Å². The first-order chi connectivity index (χ1) is 11.4. The van der Waals surface area contributed by atoms with Crippen LogP contribution in [0, 0.1) is 0 Å². The molecule has 7 heteroatoms. The first-order valence-corrected chi connectivity index (χ1v) is 8.73. The highest BCUT2D eigenvalue weighted by atomic mass is 35.5. The molecule has 0 aliphatic carbocycles. The number of anilines is 1. The van der Waals surface area contributed by atoms with Gasteiger partial charge in [-0.2, -0.15) is 13.2 Å². The van der Waals surface area contributed by atoms with Crippen LogP contribution in [0.3, 0.4) is 0 Å². The molecular formula is C17H16ClF3N2S. The van der Waals surface area contributed by atoms with Crippen LogP contribution in [0.25, 0.3) is 0 Å². The van der Waals surface area contributed by atoms with Gasteiger partial charge in [0.25, 0.3) is 0 Å². The van der Waals surface area contributed by atoms with Gasteiger partial charge in [0.1, 0.15) is 0 Å². The lowest BCUT2D eigenvalue weighted by atomic mass is 10.1. The summed E-state index contributed by atoms with van der Waals surface area (Å²) in [5.74, 6) is 0. The van der Waals surface area contributed by atoms with Crippen LogP contribution in [0.1, 0.15) is 5.56 Å². The Morgan fingerprint density at radius 1 is 1.00 bits per heavy atom. The predicted octanol–water partition coefficient (Wildman–Crippen LogP) is 4.92. The maximum atomic E-state index is 13.1. The highest BCUT2D eigenvalue weighted by molar-refractivity contribution is 7.99. The first-order valence-electron chi connectivity index (χ1n) is 7.54. The summed E-state index contributed by atoms with van der Waals surface area (Å²) in [7, 11) is 0. The summed E-state index contributed by atoms with van der Waals surface area (Å²) < 4.78 is 39.2. The highest BCUT2D eigenvalue weighted by Crippen LogP contribution is 2.40. The van der Waals surface area contributed by atoms with Crippen molar-refractivity contribution in [2.75, 3.05) is 31.1 Å². The van der Waals surface area contributed by atoms with Crippen molar-refractivity contribution in [3.8, 4) is 0 Å². The quantitative estimate of drug-likeness (QED) is 0.823. The topological polar surface area (TPSA) is 15.3 Å². The molecule has 1 aliphatic rings. The van der Waals surface area contributed by atoms with Crippen molar-refractivity contribution < 1.29 is 13.2 Å². The van der Waals surface area contributed by atoms with Crippen molar-refractivity contribution in [3.63, 3.8) is 0 Å². The Hall–Kier alpha value is -1.37. The monoisotopic (exact) mass is 372 g/mol. The predicted molar refractivity (Wildman–Crippen MR) is 92.1 cm³/mol. The molecule has 1 fully saturated rings. The molecule has 2 aromatic carbocycles. The highest BCUT2D eigenvalue weighted by Gasteiger charge is 2.31. The van der Waals surface area contributed by atoms with Gasteiger partial charge in [-0.3, -0.25) is 0 Å². The minimum absolute atomic E-state index is 0.603. The van der Waals surface area contributed by atoms with Gasteiger partial charge in [0.2, 0.25) is 0 Å². The second-order valence-electron chi connectivity index (χ2n) is 5.47. The molecule has 128 valence electrons. The standard InChI is InChI=1S/C17H16ClF3N2S/c18-13-2-4-14(5-3-13)24-16-11-12(17(19,20)21)1-6-15(16)23-9-7-22-8-10-23/h1-6,11,22H,7-10H2. The largest absolute Gasteiger partial charge is 0.416 e. The van der Waals surface area contributed by atoms with Crippen molar-refractivity contribution in [3.05, 3.63) is 53.1 Å².